The molecule has 9 heteroatoms. The van der Waals surface area contributed by atoms with Crippen LogP contribution in [0.3, 0.4) is 0 Å². The van der Waals surface area contributed by atoms with Gasteiger partial charge in [-0.2, -0.15) is 0 Å². The van der Waals surface area contributed by atoms with E-state index in [1.807, 2.05) is 4.57 Å². The van der Waals surface area contributed by atoms with Crippen molar-refractivity contribution in [2.75, 3.05) is 50.8 Å². The molecule has 35 heavy (non-hydrogen) atoms. The third-order valence-electron chi connectivity index (χ3n) is 6.98. The summed E-state index contributed by atoms with van der Waals surface area (Å²) in [6.45, 7) is 10.3. The number of fused-ring (bicyclic) bond motifs is 1. The Morgan fingerprint density at radius 3 is 2.57 bits per heavy atom. The Balaban J connectivity index is 1.42. The second-order valence-corrected chi connectivity index (χ2v) is 10.2. The number of esters is 1. The van der Waals surface area contributed by atoms with Crippen molar-refractivity contribution in [2.45, 2.75) is 58.0 Å². The van der Waals surface area contributed by atoms with Gasteiger partial charge in [-0.3, -0.25) is 9.69 Å². The zero-order valence-corrected chi connectivity index (χ0v) is 20.7. The van der Waals surface area contributed by atoms with Gasteiger partial charge in [-0.15, -0.1) is 0 Å². The van der Waals surface area contributed by atoms with E-state index in [1.54, 1.807) is 26.1 Å². The number of nitrogens with zero attached hydrogens (tertiary/aromatic N) is 3. The molecule has 3 fully saturated rings. The molecular weight excluding hydrogens is 453 g/mol. The molecule has 190 valence electrons. The number of aromatic nitrogens is 1. The fourth-order valence-electron chi connectivity index (χ4n) is 5.02. The SMILES string of the molecule is CCCN1CCN(c2cc3c(cc2F)c(=O)c(C(=O)OCC2COC(C)(C)O2)cn3C2CC2)CC1. The predicted octanol–water partition coefficient (Wildman–Crippen LogP) is 3.32. The minimum atomic E-state index is -0.726. The monoisotopic (exact) mass is 487 g/mol. The van der Waals surface area contributed by atoms with Gasteiger partial charge < -0.3 is 23.7 Å². The number of piperazine rings is 1. The molecule has 8 nitrogen and oxygen atoms in total. The summed E-state index contributed by atoms with van der Waals surface area (Å²) in [5.74, 6) is -1.89. The van der Waals surface area contributed by atoms with E-state index in [0.717, 1.165) is 52.0 Å². The van der Waals surface area contributed by atoms with Crippen molar-refractivity contribution in [1.29, 1.82) is 0 Å². The van der Waals surface area contributed by atoms with Crippen LogP contribution in [-0.4, -0.2) is 73.3 Å². The van der Waals surface area contributed by atoms with Crippen molar-refractivity contribution >= 4 is 22.6 Å². The zero-order chi connectivity index (χ0) is 24.7. The van der Waals surface area contributed by atoms with E-state index in [0.29, 0.717) is 17.8 Å². The maximum absolute atomic E-state index is 15.3. The molecule has 1 aromatic carbocycles. The summed E-state index contributed by atoms with van der Waals surface area (Å²) in [6, 6.07) is 3.26. The van der Waals surface area contributed by atoms with Gasteiger partial charge in [0.25, 0.3) is 0 Å². The van der Waals surface area contributed by atoms with E-state index in [1.165, 1.54) is 6.07 Å². The lowest BCUT2D eigenvalue weighted by molar-refractivity contribution is -0.142. The van der Waals surface area contributed by atoms with E-state index in [-0.39, 0.29) is 23.6 Å². The molecule has 2 aliphatic heterocycles. The third kappa shape index (κ3) is 5.08. The smallest absolute Gasteiger partial charge is 0.343 e. The number of hydrogen-bond acceptors (Lipinski definition) is 7. The summed E-state index contributed by atoms with van der Waals surface area (Å²) in [5, 5.41) is 0.207. The quantitative estimate of drug-likeness (QED) is 0.555. The van der Waals surface area contributed by atoms with Gasteiger partial charge in [0.1, 0.15) is 24.1 Å². The summed E-state index contributed by atoms with van der Waals surface area (Å²) in [5.41, 5.74) is 0.585. The van der Waals surface area contributed by atoms with Crippen molar-refractivity contribution in [3.8, 4) is 0 Å². The van der Waals surface area contributed by atoms with Crippen LogP contribution in [0.25, 0.3) is 10.9 Å². The van der Waals surface area contributed by atoms with Gasteiger partial charge in [0.15, 0.2) is 5.79 Å². The molecule has 0 spiro atoms. The van der Waals surface area contributed by atoms with E-state index in [4.69, 9.17) is 14.2 Å². The molecule has 0 N–H and O–H groups in total. The molecule has 1 aromatic heterocycles. The van der Waals surface area contributed by atoms with E-state index in [2.05, 4.69) is 16.7 Å². The first-order valence-electron chi connectivity index (χ1n) is 12.6. The number of pyridine rings is 1. The van der Waals surface area contributed by atoms with Crippen LogP contribution in [0.2, 0.25) is 0 Å². The number of carbonyl (C=O) groups excluding carboxylic acids is 1. The second kappa shape index (κ2) is 9.52. The first-order valence-corrected chi connectivity index (χ1v) is 12.6. The highest BCUT2D eigenvalue weighted by Gasteiger charge is 2.34. The molecule has 2 aromatic rings. The van der Waals surface area contributed by atoms with E-state index < -0.39 is 29.1 Å². The van der Waals surface area contributed by atoms with E-state index in [9.17, 15) is 9.59 Å². The van der Waals surface area contributed by atoms with Gasteiger partial charge in [-0.05, 0) is 51.8 Å². The molecule has 0 amide bonds. The Hall–Kier alpha value is -2.49. The lowest BCUT2D eigenvalue weighted by atomic mass is 10.1. The van der Waals surface area contributed by atoms with Crippen molar-refractivity contribution in [3.05, 3.63) is 39.9 Å². The summed E-state index contributed by atoms with van der Waals surface area (Å²) in [6.07, 6.45) is 4.20. The molecule has 1 aliphatic carbocycles. The average Bonchev–Trinajstić information content (AvgIpc) is 3.61. The first-order chi connectivity index (χ1) is 16.8. The van der Waals surface area contributed by atoms with Crippen molar-refractivity contribution in [2.24, 2.45) is 0 Å². The number of rotatable bonds is 7. The average molecular weight is 488 g/mol. The van der Waals surface area contributed by atoms with Crippen LogP contribution in [0.15, 0.2) is 23.1 Å². The predicted molar refractivity (Wildman–Crippen MR) is 131 cm³/mol. The van der Waals surface area contributed by atoms with Crippen LogP contribution in [0, 0.1) is 5.82 Å². The number of benzene rings is 1. The molecule has 3 heterocycles. The highest BCUT2D eigenvalue weighted by molar-refractivity contribution is 5.94. The standard InChI is InChI=1S/C26H34FN3O5/c1-4-7-28-8-10-29(11-9-28)23-13-22-19(12-21(23)27)24(31)20(14-30(22)17-5-6-17)25(32)33-15-18-16-34-26(2,3)35-18/h12-14,17-18H,4-11,15-16H2,1-3H3. The van der Waals surface area contributed by atoms with Gasteiger partial charge in [0, 0.05) is 43.8 Å². The molecule has 1 atom stereocenters. The number of ether oxygens (including phenoxy) is 3. The van der Waals surface area contributed by atoms with Gasteiger partial charge in [-0.25, -0.2) is 9.18 Å². The Bertz CT molecular complexity index is 1170. The number of carbonyl (C=O) groups is 1. The van der Waals surface area contributed by atoms with Crippen LogP contribution < -0.4 is 10.3 Å². The minimum Gasteiger partial charge on any atom is -0.459 e. The Morgan fingerprint density at radius 1 is 1.20 bits per heavy atom. The fraction of sp³-hybridized carbons (Fsp3) is 0.615. The maximum Gasteiger partial charge on any atom is 0.343 e. The Labute approximate surface area is 204 Å². The van der Waals surface area contributed by atoms with Gasteiger partial charge in [0.2, 0.25) is 5.43 Å². The number of halogens is 1. The van der Waals surface area contributed by atoms with Crippen LogP contribution in [-0.2, 0) is 14.2 Å². The zero-order valence-electron chi connectivity index (χ0n) is 20.7. The topological polar surface area (TPSA) is 73.2 Å². The van der Waals surface area contributed by atoms with Crippen LogP contribution in [0.5, 0.6) is 0 Å². The normalized spacial score (nSPS) is 22.6. The molecule has 1 unspecified atom stereocenters. The molecule has 1 saturated carbocycles. The van der Waals surface area contributed by atoms with Gasteiger partial charge in [-0.1, -0.05) is 6.92 Å². The van der Waals surface area contributed by atoms with Crippen LogP contribution in [0.4, 0.5) is 10.1 Å². The minimum absolute atomic E-state index is 0.0134. The lowest BCUT2D eigenvalue weighted by Gasteiger charge is -2.36. The highest BCUT2D eigenvalue weighted by atomic mass is 19.1. The molecule has 0 bridgehead atoms. The first kappa shape index (κ1) is 24.2. The molecule has 0 radical (unpaired) electrons. The third-order valence-corrected chi connectivity index (χ3v) is 6.98. The van der Waals surface area contributed by atoms with Crippen LogP contribution >= 0.6 is 0 Å². The van der Waals surface area contributed by atoms with Crippen molar-refractivity contribution in [1.82, 2.24) is 9.47 Å². The molecular formula is C26H34FN3O5. The summed E-state index contributed by atoms with van der Waals surface area (Å²) >= 11 is 0. The number of hydrogen-bond donors (Lipinski definition) is 0. The maximum atomic E-state index is 15.3. The highest BCUT2D eigenvalue weighted by Crippen LogP contribution is 2.38. The van der Waals surface area contributed by atoms with Crippen molar-refractivity contribution < 1.29 is 23.4 Å². The summed E-state index contributed by atoms with van der Waals surface area (Å²) < 4.78 is 33.8. The summed E-state index contributed by atoms with van der Waals surface area (Å²) in [4.78, 5) is 30.6. The largest absolute Gasteiger partial charge is 0.459 e. The molecule has 5 rings (SSSR count). The summed E-state index contributed by atoms with van der Waals surface area (Å²) in [7, 11) is 0. The van der Waals surface area contributed by atoms with Gasteiger partial charge >= 0.3 is 5.97 Å². The molecule has 2 saturated heterocycles. The van der Waals surface area contributed by atoms with Crippen LogP contribution in [0.1, 0.15) is 56.4 Å². The van der Waals surface area contributed by atoms with E-state index >= 15 is 4.39 Å². The van der Waals surface area contributed by atoms with Crippen molar-refractivity contribution in [3.63, 3.8) is 0 Å². The molecule has 3 aliphatic rings. The fourth-order valence-corrected chi connectivity index (χ4v) is 5.02. The van der Waals surface area contributed by atoms with Gasteiger partial charge in [0.05, 0.1) is 17.8 Å². The Kier molecular flexibility index (Phi) is 6.59. The Morgan fingerprint density at radius 2 is 1.94 bits per heavy atom. The second-order valence-electron chi connectivity index (χ2n) is 10.2. The lowest BCUT2D eigenvalue weighted by Crippen LogP contribution is -2.46. The number of anilines is 1.